The summed E-state index contributed by atoms with van der Waals surface area (Å²) in [5, 5.41) is 10.1. The van der Waals surface area contributed by atoms with Crippen LogP contribution < -0.4 is 9.47 Å². The number of benzene rings is 1. The van der Waals surface area contributed by atoms with E-state index in [0.29, 0.717) is 38.1 Å². The molecule has 0 aromatic heterocycles. The van der Waals surface area contributed by atoms with Crippen LogP contribution in [0.15, 0.2) is 36.9 Å². The lowest BCUT2D eigenvalue weighted by Crippen LogP contribution is -2.43. The molecule has 3 aliphatic rings. The van der Waals surface area contributed by atoms with Crippen LogP contribution in [-0.2, 0) is 16.8 Å². The zero-order chi connectivity index (χ0) is 18.3. The Morgan fingerprint density at radius 3 is 3.15 bits per heavy atom. The summed E-state index contributed by atoms with van der Waals surface area (Å²) >= 11 is 0. The molecule has 5 heteroatoms. The minimum atomic E-state index is -0.497. The Morgan fingerprint density at radius 2 is 2.38 bits per heavy atom. The molecular formula is C21H25NO4. The van der Waals surface area contributed by atoms with Gasteiger partial charge in [-0.25, -0.2) is 0 Å². The summed E-state index contributed by atoms with van der Waals surface area (Å²) in [6.07, 6.45) is 7.64. The summed E-state index contributed by atoms with van der Waals surface area (Å²) in [5.74, 6) is 1.64. The van der Waals surface area contributed by atoms with Crippen molar-refractivity contribution in [2.75, 3.05) is 13.7 Å². The van der Waals surface area contributed by atoms with Gasteiger partial charge < -0.3 is 19.5 Å². The van der Waals surface area contributed by atoms with E-state index in [2.05, 4.69) is 12.7 Å². The van der Waals surface area contributed by atoms with E-state index in [1.54, 1.807) is 13.2 Å². The lowest BCUT2D eigenvalue weighted by Gasteiger charge is -2.35. The highest BCUT2D eigenvalue weighted by atomic mass is 16.5. The third-order valence-corrected chi connectivity index (χ3v) is 5.87. The van der Waals surface area contributed by atoms with Gasteiger partial charge in [-0.15, -0.1) is 6.58 Å². The normalized spacial score (nSPS) is 28.6. The Bertz CT molecular complexity index is 772. The monoisotopic (exact) mass is 355 g/mol. The van der Waals surface area contributed by atoms with Crippen molar-refractivity contribution in [2.45, 2.75) is 49.9 Å². The van der Waals surface area contributed by atoms with E-state index in [1.807, 2.05) is 23.1 Å². The molecule has 0 fully saturated rings. The van der Waals surface area contributed by atoms with Crippen LogP contribution in [0.25, 0.3) is 0 Å². The number of hydrogen-bond acceptors (Lipinski definition) is 4. The predicted octanol–water partition coefficient (Wildman–Crippen LogP) is 2.71. The van der Waals surface area contributed by atoms with Crippen molar-refractivity contribution in [1.29, 1.82) is 0 Å². The smallest absolute Gasteiger partial charge is 0.223 e. The first-order valence-corrected chi connectivity index (χ1v) is 9.22. The fourth-order valence-corrected chi connectivity index (χ4v) is 4.53. The minimum absolute atomic E-state index is 0.129. The van der Waals surface area contributed by atoms with Crippen LogP contribution in [0.2, 0.25) is 0 Å². The van der Waals surface area contributed by atoms with Gasteiger partial charge in [0.1, 0.15) is 6.10 Å². The molecule has 3 atom stereocenters. The van der Waals surface area contributed by atoms with Crippen LogP contribution in [0.5, 0.6) is 11.5 Å². The highest BCUT2D eigenvalue weighted by Gasteiger charge is 2.53. The van der Waals surface area contributed by atoms with E-state index in [4.69, 9.17) is 9.47 Å². The van der Waals surface area contributed by atoms with Gasteiger partial charge in [-0.3, -0.25) is 4.79 Å². The molecule has 0 radical (unpaired) electrons. The number of carbonyl (C=O) groups excluding carboxylic acids is 1. The highest BCUT2D eigenvalue weighted by Crippen LogP contribution is 2.55. The quantitative estimate of drug-likeness (QED) is 0.844. The van der Waals surface area contributed by atoms with Crippen LogP contribution in [0.3, 0.4) is 0 Å². The van der Waals surface area contributed by atoms with E-state index < -0.39 is 6.10 Å². The summed E-state index contributed by atoms with van der Waals surface area (Å²) in [5.41, 5.74) is 1.93. The molecule has 1 amide bonds. The molecule has 138 valence electrons. The first kappa shape index (κ1) is 17.2. The van der Waals surface area contributed by atoms with Gasteiger partial charge in [-0.05, 0) is 24.5 Å². The van der Waals surface area contributed by atoms with Gasteiger partial charge >= 0.3 is 0 Å². The fourth-order valence-electron chi connectivity index (χ4n) is 4.53. The fraction of sp³-hybridized carbons (Fsp3) is 0.476. The Hall–Kier alpha value is -2.27. The number of methoxy groups -OCH3 is 1. The largest absolute Gasteiger partial charge is 0.493 e. The Kier molecular flexibility index (Phi) is 4.27. The lowest BCUT2D eigenvalue weighted by atomic mass is 9.69. The molecule has 0 saturated carbocycles. The van der Waals surface area contributed by atoms with Crippen molar-refractivity contribution in [3.8, 4) is 11.5 Å². The van der Waals surface area contributed by atoms with Crippen LogP contribution in [0.1, 0.15) is 36.8 Å². The molecule has 1 aliphatic carbocycles. The number of rotatable bonds is 4. The zero-order valence-corrected chi connectivity index (χ0v) is 15.1. The number of ether oxygens (including phenoxy) is 2. The van der Waals surface area contributed by atoms with Crippen molar-refractivity contribution in [3.63, 3.8) is 0 Å². The number of aliphatic hydroxyl groups excluding tert-OH is 1. The van der Waals surface area contributed by atoms with Gasteiger partial charge in [0.05, 0.1) is 18.6 Å². The Balaban J connectivity index is 1.78. The molecule has 26 heavy (non-hydrogen) atoms. The third-order valence-electron chi connectivity index (χ3n) is 5.87. The highest BCUT2D eigenvalue weighted by molar-refractivity contribution is 5.77. The number of hydrogen-bond donors (Lipinski definition) is 1. The maximum absolute atomic E-state index is 12.6. The van der Waals surface area contributed by atoms with Crippen LogP contribution in [-0.4, -0.2) is 41.8 Å². The standard InChI is InChI=1S/C21H25NO4/c1-3-4-5-18(24)22-11-10-21-9-8-15(23)12-17(21)26-20-16(25-2)7-6-14(13-22)19(20)21/h3,6-9,15,17,23H,1,4-5,10-13H2,2H3. The molecule has 1 aromatic carbocycles. The van der Waals surface area contributed by atoms with Crippen LogP contribution in [0, 0.1) is 0 Å². The van der Waals surface area contributed by atoms with E-state index in [-0.39, 0.29) is 17.4 Å². The van der Waals surface area contributed by atoms with Crippen molar-refractivity contribution < 1.29 is 19.4 Å². The number of carbonyl (C=O) groups is 1. The predicted molar refractivity (Wildman–Crippen MR) is 98.3 cm³/mol. The van der Waals surface area contributed by atoms with Gasteiger partial charge in [-0.1, -0.05) is 24.3 Å². The molecule has 1 spiro atoms. The molecule has 5 nitrogen and oxygen atoms in total. The number of nitrogens with zero attached hydrogens (tertiary/aromatic N) is 1. The molecule has 4 rings (SSSR count). The van der Waals surface area contributed by atoms with Crippen molar-refractivity contribution in [3.05, 3.63) is 48.1 Å². The van der Waals surface area contributed by atoms with E-state index in [9.17, 15) is 9.90 Å². The molecule has 1 aromatic rings. The topological polar surface area (TPSA) is 59.0 Å². The van der Waals surface area contributed by atoms with E-state index in [0.717, 1.165) is 23.3 Å². The molecule has 2 heterocycles. The van der Waals surface area contributed by atoms with Crippen LogP contribution >= 0.6 is 0 Å². The van der Waals surface area contributed by atoms with Gasteiger partial charge in [0, 0.05) is 31.5 Å². The van der Waals surface area contributed by atoms with Gasteiger partial charge in [0.25, 0.3) is 0 Å². The molecule has 2 aliphatic heterocycles. The molecule has 1 N–H and O–H groups in total. The molecule has 0 saturated heterocycles. The number of aliphatic hydroxyl groups is 1. The summed E-state index contributed by atoms with van der Waals surface area (Å²) in [4.78, 5) is 14.6. The first-order valence-electron chi connectivity index (χ1n) is 9.22. The summed E-state index contributed by atoms with van der Waals surface area (Å²) in [6, 6.07) is 3.96. The second-order valence-electron chi connectivity index (χ2n) is 7.33. The summed E-state index contributed by atoms with van der Waals surface area (Å²) < 4.78 is 11.8. The van der Waals surface area contributed by atoms with E-state index >= 15 is 0 Å². The van der Waals surface area contributed by atoms with Crippen molar-refractivity contribution >= 4 is 5.91 Å². The molecular weight excluding hydrogens is 330 g/mol. The SMILES string of the molecule is C=CCCC(=O)N1CCC23C=CC(O)CC2Oc2c(OC)ccc(c23)C1. The third kappa shape index (κ3) is 2.53. The van der Waals surface area contributed by atoms with Gasteiger partial charge in [0.2, 0.25) is 5.91 Å². The van der Waals surface area contributed by atoms with Gasteiger partial charge in [0.15, 0.2) is 11.5 Å². The second-order valence-corrected chi connectivity index (χ2v) is 7.33. The maximum Gasteiger partial charge on any atom is 0.223 e. The minimum Gasteiger partial charge on any atom is -0.493 e. The summed E-state index contributed by atoms with van der Waals surface area (Å²) in [6.45, 7) is 4.96. The Morgan fingerprint density at radius 1 is 1.54 bits per heavy atom. The molecule has 0 bridgehead atoms. The van der Waals surface area contributed by atoms with E-state index in [1.165, 1.54) is 0 Å². The Labute approximate surface area is 153 Å². The number of allylic oxidation sites excluding steroid dienone is 1. The molecule has 3 unspecified atom stereocenters. The number of amides is 1. The average molecular weight is 355 g/mol. The lowest BCUT2D eigenvalue weighted by molar-refractivity contribution is -0.131. The van der Waals surface area contributed by atoms with Gasteiger partial charge in [-0.2, -0.15) is 0 Å². The first-order chi connectivity index (χ1) is 12.6. The van der Waals surface area contributed by atoms with Crippen molar-refractivity contribution in [1.82, 2.24) is 4.90 Å². The van der Waals surface area contributed by atoms with Crippen molar-refractivity contribution in [2.24, 2.45) is 0 Å². The average Bonchev–Trinajstić information content (AvgIpc) is 2.87. The van der Waals surface area contributed by atoms with Crippen LogP contribution in [0.4, 0.5) is 0 Å². The zero-order valence-electron chi connectivity index (χ0n) is 15.1. The second kappa shape index (κ2) is 6.47. The maximum atomic E-state index is 12.6. The summed E-state index contributed by atoms with van der Waals surface area (Å²) in [7, 11) is 1.64.